The van der Waals surface area contributed by atoms with E-state index in [9.17, 15) is 4.79 Å². The predicted molar refractivity (Wildman–Crippen MR) is 128 cm³/mol. The number of aromatic carboxylic acids is 1. The second-order valence-corrected chi connectivity index (χ2v) is 7.92. The monoisotopic (exact) mass is 450 g/mol. The van der Waals surface area contributed by atoms with Crippen LogP contribution in [0.25, 0.3) is 34.0 Å². The van der Waals surface area contributed by atoms with E-state index in [1.807, 2.05) is 48.5 Å². The van der Waals surface area contributed by atoms with E-state index < -0.39 is 5.97 Å². The number of carboxylic acid groups (broad SMARTS) is 1. The summed E-state index contributed by atoms with van der Waals surface area (Å²) in [6.45, 7) is 2.61. The number of nitrogens with zero attached hydrogens (tertiary/aromatic N) is 4. The number of hydrogen-bond acceptors (Lipinski definition) is 5. The van der Waals surface area contributed by atoms with E-state index in [0.29, 0.717) is 18.3 Å². The number of aromatic nitrogens is 4. The van der Waals surface area contributed by atoms with Crippen LogP contribution < -0.4 is 0 Å². The quantitative estimate of drug-likeness (QED) is 0.348. The SMILES string of the molecule is CCc1cc(-c2nc(-c3ccc(Cn4ccc(C(=O)O)n4)cc3)no2)ccc1-c1ccccc1. The van der Waals surface area contributed by atoms with Crippen molar-refractivity contribution in [3.05, 3.63) is 102 Å². The molecule has 0 saturated heterocycles. The van der Waals surface area contributed by atoms with E-state index >= 15 is 0 Å². The molecule has 0 aliphatic carbocycles. The van der Waals surface area contributed by atoms with Gasteiger partial charge in [0.2, 0.25) is 5.82 Å². The van der Waals surface area contributed by atoms with Crippen molar-refractivity contribution in [2.24, 2.45) is 0 Å². The first-order chi connectivity index (χ1) is 16.6. The Morgan fingerprint density at radius 3 is 2.41 bits per heavy atom. The highest BCUT2D eigenvalue weighted by Crippen LogP contribution is 2.30. The third-order valence-electron chi connectivity index (χ3n) is 5.66. The van der Waals surface area contributed by atoms with Crippen LogP contribution in [-0.4, -0.2) is 31.0 Å². The van der Waals surface area contributed by atoms with Gasteiger partial charge in [-0.1, -0.05) is 72.7 Å². The van der Waals surface area contributed by atoms with Crippen LogP contribution in [-0.2, 0) is 13.0 Å². The zero-order valence-electron chi connectivity index (χ0n) is 18.5. The van der Waals surface area contributed by atoms with Gasteiger partial charge in [-0.25, -0.2) is 4.79 Å². The standard InChI is InChI=1S/C27H22N4O3/c1-2-19-16-22(12-13-23(19)20-6-4-3-5-7-20)26-28-25(30-34-26)21-10-8-18(9-11-21)17-31-15-14-24(29-31)27(32)33/h3-16H,2,17H2,1H3,(H,32,33). The second kappa shape index (κ2) is 9.15. The molecule has 0 fully saturated rings. The van der Waals surface area contributed by atoms with Gasteiger partial charge in [0.25, 0.3) is 5.89 Å². The summed E-state index contributed by atoms with van der Waals surface area (Å²) in [7, 11) is 0. The van der Waals surface area contributed by atoms with E-state index in [4.69, 9.17) is 9.63 Å². The number of benzene rings is 3. The fourth-order valence-electron chi connectivity index (χ4n) is 3.89. The van der Waals surface area contributed by atoms with Gasteiger partial charge in [-0.15, -0.1) is 0 Å². The van der Waals surface area contributed by atoms with Crippen molar-refractivity contribution in [3.63, 3.8) is 0 Å². The van der Waals surface area contributed by atoms with Crippen molar-refractivity contribution < 1.29 is 14.4 Å². The van der Waals surface area contributed by atoms with Crippen LogP contribution in [0.3, 0.4) is 0 Å². The molecule has 3 aromatic carbocycles. The minimum absolute atomic E-state index is 0.0268. The molecular formula is C27H22N4O3. The highest BCUT2D eigenvalue weighted by Gasteiger charge is 2.13. The summed E-state index contributed by atoms with van der Waals surface area (Å²) >= 11 is 0. The summed E-state index contributed by atoms with van der Waals surface area (Å²) < 4.78 is 7.16. The van der Waals surface area contributed by atoms with E-state index in [1.54, 1.807) is 10.9 Å². The average Bonchev–Trinajstić information content (AvgIpc) is 3.55. The van der Waals surface area contributed by atoms with E-state index in [2.05, 4.69) is 46.4 Å². The first-order valence-electron chi connectivity index (χ1n) is 11.0. The summed E-state index contributed by atoms with van der Waals surface area (Å²) in [6, 6.07) is 25.7. The molecule has 2 aromatic heterocycles. The van der Waals surface area contributed by atoms with Gasteiger partial charge in [0.1, 0.15) is 0 Å². The molecule has 1 N–H and O–H groups in total. The van der Waals surface area contributed by atoms with Crippen LogP contribution in [0, 0.1) is 0 Å². The molecule has 2 heterocycles. The van der Waals surface area contributed by atoms with Crippen LogP contribution in [0.4, 0.5) is 0 Å². The Labute approximate surface area is 196 Å². The lowest BCUT2D eigenvalue weighted by atomic mass is 9.96. The van der Waals surface area contributed by atoms with Crippen molar-refractivity contribution in [1.29, 1.82) is 0 Å². The van der Waals surface area contributed by atoms with Crippen molar-refractivity contribution >= 4 is 5.97 Å². The second-order valence-electron chi connectivity index (χ2n) is 7.92. The van der Waals surface area contributed by atoms with Crippen molar-refractivity contribution in [2.45, 2.75) is 19.9 Å². The molecule has 0 spiro atoms. The third-order valence-corrected chi connectivity index (χ3v) is 5.66. The van der Waals surface area contributed by atoms with Crippen LogP contribution >= 0.6 is 0 Å². The van der Waals surface area contributed by atoms with Gasteiger partial charge in [0, 0.05) is 17.3 Å². The fourth-order valence-corrected chi connectivity index (χ4v) is 3.89. The van der Waals surface area contributed by atoms with Gasteiger partial charge >= 0.3 is 5.97 Å². The number of carboxylic acids is 1. The third kappa shape index (κ3) is 4.36. The van der Waals surface area contributed by atoms with Crippen molar-refractivity contribution in [1.82, 2.24) is 19.9 Å². The average molecular weight is 450 g/mol. The molecular weight excluding hydrogens is 428 g/mol. The van der Waals surface area contributed by atoms with Crippen LogP contribution in [0.5, 0.6) is 0 Å². The van der Waals surface area contributed by atoms with Crippen molar-refractivity contribution in [2.75, 3.05) is 0 Å². The minimum Gasteiger partial charge on any atom is -0.476 e. The molecule has 0 bridgehead atoms. The summed E-state index contributed by atoms with van der Waals surface area (Å²) in [5, 5.41) is 17.2. The topological polar surface area (TPSA) is 94.0 Å². The normalized spacial score (nSPS) is 11.0. The Bertz CT molecular complexity index is 1440. The summed E-state index contributed by atoms with van der Waals surface area (Å²) in [5.41, 5.74) is 6.34. The molecule has 5 aromatic rings. The van der Waals surface area contributed by atoms with E-state index in [0.717, 1.165) is 23.1 Å². The lowest BCUT2D eigenvalue weighted by Crippen LogP contribution is -2.03. The maximum Gasteiger partial charge on any atom is 0.356 e. The molecule has 168 valence electrons. The van der Waals surface area contributed by atoms with Gasteiger partial charge in [0.15, 0.2) is 5.69 Å². The van der Waals surface area contributed by atoms with Crippen LogP contribution in [0.1, 0.15) is 28.5 Å². The minimum atomic E-state index is -1.04. The molecule has 5 rings (SSSR count). The highest BCUT2D eigenvalue weighted by molar-refractivity contribution is 5.85. The number of hydrogen-bond donors (Lipinski definition) is 1. The van der Waals surface area contributed by atoms with Gasteiger partial charge in [-0.05, 0) is 46.9 Å². The largest absolute Gasteiger partial charge is 0.476 e. The molecule has 0 aliphatic rings. The highest BCUT2D eigenvalue weighted by atomic mass is 16.5. The maximum atomic E-state index is 11.0. The summed E-state index contributed by atoms with van der Waals surface area (Å²) in [4.78, 5) is 15.6. The zero-order chi connectivity index (χ0) is 23.5. The van der Waals surface area contributed by atoms with Crippen molar-refractivity contribution in [3.8, 4) is 34.0 Å². The Hall–Kier alpha value is -4.52. The Kier molecular flexibility index (Phi) is 5.74. The molecule has 7 nitrogen and oxygen atoms in total. The van der Waals surface area contributed by atoms with Gasteiger partial charge in [0.05, 0.1) is 6.54 Å². The zero-order valence-corrected chi connectivity index (χ0v) is 18.5. The predicted octanol–water partition coefficient (Wildman–Crippen LogP) is 5.58. The number of carbonyl (C=O) groups is 1. The molecule has 34 heavy (non-hydrogen) atoms. The fraction of sp³-hybridized carbons (Fsp3) is 0.111. The van der Waals surface area contributed by atoms with Gasteiger partial charge in [-0.2, -0.15) is 10.1 Å². The number of rotatable bonds is 7. The van der Waals surface area contributed by atoms with Crippen LogP contribution in [0.15, 0.2) is 89.6 Å². The van der Waals surface area contributed by atoms with Gasteiger partial charge in [-0.3, -0.25) is 4.68 Å². The molecule has 0 amide bonds. The molecule has 7 heteroatoms. The number of aryl methyl sites for hydroxylation is 1. The smallest absolute Gasteiger partial charge is 0.356 e. The molecule has 0 saturated carbocycles. The lowest BCUT2D eigenvalue weighted by Gasteiger charge is -2.09. The summed E-state index contributed by atoms with van der Waals surface area (Å²) in [5.74, 6) is -0.0483. The molecule has 0 unspecified atom stereocenters. The Morgan fingerprint density at radius 1 is 0.941 bits per heavy atom. The maximum absolute atomic E-state index is 11.0. The first-order valence-corrected chi connectivity index (χ1v) is 11.0. The summed E-state index contributed by atoms with van der Waals surface area (Å²) in [6.07, 6.45) is 2.54. The van der Waals surface area contributed by atoms with Gasteiger partial charge < -0.3 is 9.63 Å². The Morgan fingerprint density at radius 2 is 1.71 bits per heavy atom. The van der Waals surface area contributed by atoms with Crippen LogP contribution in [0.2, 0.25) is 0 Å². The van der Waals surface area contributed by atoms with E-state index in [-0.39, 0.29) is 5.69 Å². The lowest BCUT2D eigenvalue weighted by molar-refractivity contribution is 0.0689. The molecule has 0 aliphatic heterocycles. The molecule has 0 atom stereocenters. The first kappa shape index (κ1) is 21.3. The van der Waals surface area contributed by atoms with E-state index in [1.165, 1.54) is 22.8 Å². The molecule has 0 radical (unpaired) electrons. The Balaban J connectivity index is 1.35.